The van der Waals surface area contributed by atoms with Crippen LogP contribution in [0.15, 0.2) is 212 Å². The molecule has 0 saturated heterocycles. The van der Waals surface area contributed by atoms with Crippen LogP contribution in [0.25, 0.3) is 75.5 Å². The van der Waals surface area contributed by atoms with Crippen molar-refractivity contribution in [1.82, 2.24) is 0 Å². The first kappa shape index (κ1) is 32.0. The van der Waals surface area contributed by atoms with E-state index in [1.807, 2.05) is 11.3 Å². The van der Waals surface area contributed by atoms with Crippen LogP contribution in [0.1, 0.15) is 0 Å². The molecule has 2 heteroatoms. The number of fused-ring (bicyclic) bond motifs is 4. The van der Waals surface area contributed by atoms with Crippen LogP contribution in [0.4, 0.5) is 17.1 Å². The zero-order valence-corrected chi connectivity index (χ0v) is 30.4. The molecule has 10 rings (SSSR count). The highest BCUT2D eigenvalue weighted by molar-refractivity contribution is 7.25. The number of benzene rings is 9. The monoisotopic (exact) mass is 705 g/mol. The van der Waals surface area contributed by atoms with Crippen molar-refractivity contribution in [3.8, 4) is 44.5 Å². The highest BCUT2D eigenvalue weighted by Gasteiger charge is 2.22. The lowest BCUT2D eigenvalue weighted by Gasteiger charge is -2.30. The molecule has 1 heterocycles. The summed E-state index contributed by atoms with van der Waals surface area (Å²) in [4.78, 5) is 2.44. The molecule has 0 fully saturated rings. The summed E-state index contributed by atoms with van der Waals surface area (Å²) in [5.74, 6) is 0. The third-order valence-corrected chi connectivity index (χ3v) is 11.6. The molecule has 0 bridgehead atoms. The van der Waals surface area contributed by atoms with Gasteiger partial charge >= 0.3 is 0 Å². The van der Waals surface area contributed by atoms with E-state index in [0.29, 0.717) is 0 Å². The molecule has 10 aromatic rings. The lowest BCUT2D eigenvalue weighted by Crippen LogP contribution is -2.12. The van der Waals surface area contributed by atoms with Crippen molar-refractivity contribution in [2.24, 2.45) is 0 Å². The summed E-state index contributed by atoms with van der Waals surface area (Å²) in [5, 5.41) is 5.14. The first-order valence-electron chi connectivity index (χ1n) is 18.4. The average Bonchev–Trinajstić information content (AvgIpc) is 3.64. The summed E-state index contributed by atoms with van der Waals surface area (Å²) >= 11 is 1.86. The second-order valence-electron chi connectivity index (χ2n) is 13.7. The smallest absolute Gasteiger partial charge is 0.0540 e. The minimum Gasteiger partial charge on any atom is -0.309 e. The van der Waals surface area contributed by atoms with E-state index in [1.54, 1.807) is 0 Å². The predicted octanol–water partition coefficient (Wildman–Crippen LogP) is 15.3. The molecule has 54 heavy (non-hydrogen) atoms. The van der Waals surface area contributed by atoms with Crippen molar-refractivity contribution in [3.63, 3.8) is 0 Å². The third kappa shape index (κ3) is 5.65. The molecule has 0 spiro atoms. The van der Waals surface area contributed by atoms with E-state index < -0.39 is 0 Å². The number of nitrogens with zero attached hydrogens (tertiary/aromatic N) is 1. The van der Waals surface area contributed by atoms with Crippen LogP contribution < -0.4 is 4.90 Å². The molecule has 0 aliphatic heterocycles. The summed E-state index contributed by atoms with van der Waals surface area (Å²) in [7, 11) is 0. The van der Waals surface area contributed by atoms with Gasteiger partial charge in [0.15, 0.2) is 0 Å². The quantitative estimate of drug-likeness (QED) is 0.160. The molecule has 0 saturated carbocycles. The summed E-state index contributed by atoms with van der Waals surface area (Å²) in [5.41, 5.74) is 13.0. The Hall–Kier alpha value is -6.74. The molecule has 9 aromatic carbocycles. The van der Waals surface area contributed by atoms with Crippen LogP contribution in [0.5, 0.6) is 0 Å². The number of hydrogen-bond donors (Lipinski definition) is 0. The zero-order chi connectivity index (χ0) is 35.8. The lowest BCUT2D eigenvalue weighted by atomic mass is 9.95. The second kappa shape index (κ2) is 13.7. The standard InChI is InChI=1S/C52H35NS/c1-2-14-39(15-3-1)44-19-6-9-24-48(44)53(49-25-10-7-20-45(49)46-23-13-27-51-52(46)47-21-8-11-26-50(47)54-51)41-34-32-37(33-35-41)36-28-30-40(31-29-36)43-22-12-17-38-16-4-5-18-42(38)43/h1-35H. The van der Waals surface area contributed by atoms with Crippen LogP contribution in [-0.4, -0.2) is 0 Å². The van der Waals surface area contributed by atoms with Gasteiger partial charge in [0.1, 0.15) is 0 Å². The van der Waals surface area contributed by atoms with Crippen molar-refractivity contribution in [3.05, 3.63) is 212 Å². The van der Waals surface area contributed by atoms with Gasteiger partial charge < -0.3 is 4.90 Å². The van der Waals surface area contributed by atoms with Gasteiger partial charge in [-0.2, -0.15) is 0 Å². The predicted molar refractivity (Wildman–Crippen MR) is 233 cm³/mol. The summed E-state index contributed by atoms with van der Waals surface area (Å²) in [6, 6.07) is 77.1. The van der Waals surface area contributed by atoms with Gasteiger partial charge in [-0.15, -0.1) is 11.3 Å². The summed E-state index contributed by atoms with van der Waals surface area (Å²) < 4.78 is 2.61. The van der Waals surface area contributed by atoms with E-state index in [0.717, 1.165) is 17.1 Å². The Morgan fingerprint density at radius 1 is 0.296 bits per heavy atom. The van der Waals surface area contributed by atoms with Crippen LogP contribution >= 0.6 is 11.3 Å². The molecule has 254 valence electrons. The first-order valence-corrected chi connectivity index (χ1v) is 19.2. The van der Waals surface area contributed by atoms with Crippen LogP contribution in [0.2, 0.25) is 0 Å². The van der Waals surface area contributed by atoms with E-state index in [9.17, 15) is 0 Å². The maximum absolute atomic E-state index is 2.44. The van der Waals surface area contributed by atoms with Gasteiger partial charge in [-0.3, -0.25) is 0 Å². The van der Waals surface area contributed by atoms with Crippen LogP contribution in [0, 0.1) is 0 Å². The lowest BCUT2D eigenvalue weighted by molar-refractivity contribution is 1.28. The Bertz CT molecular complexity index is 2920. The molecule has 0 aliphatic carbocycles. The van der Waals surface area contributed by atoms with Gasteiger partial charge in [0.05, 0.1) is 11.4 Å². The van der Waals surface area contributed by atoms with Gasteiger partial charge in [-0.05, 0) is 80.6 Å². The van der Waals surface area contributed by atoms with Crippen molar-refractivity contribution in [2.45, 2.75) is 0 Å². The fraction of sp³-hybridized carbons (Fsp3) is 0. The highest BCUT2D eigenvalue weighted by Crippen LogP contribution is 2.48. The van der Waals surface area contributed by atoms with E-state index in [4.69, 9.17) is 0 Å². The minimum atomic E-state index is 1.10. The largest absolute Gasteiger partial charge is 0.309 e. The molecule has 0 amide bonds. The van der Waals surface area contributed by atoms with Crippen molar-refractivity contribution in [1.29, 1.82) is 0 Å². The molecular formula is C52H35NS. The number of anilines is 3. The van der Waals surface area contributed by atoms with Crippen LogP contribution in [0.3, 0.4) is 0 Å². The maximum Gasteiger partial charge on any atom is 0.0540 e. The van der Waals surface area contributed by atoms with Crippen molar-refractivity contribution < 1.29 is 0 Å². The van der Waals surface area contributed by atoms with Crippen molar-refractivity contribution in [2.75, 3.05) is 4.90 Å². The van der Waals surface area contributed by atoms with Crippen molar-refractivity contribution >= 4 is 59.3 Å². The normalized spacial score (nSPS) is 11.3. The molecule has 0 atom stereocenters. The Balaban J connectivity index is 1.11. The van der Waals surface area contributed by atoms with Crippen LogP contribution in [-0.2, 0) is 0 Å². The third-order valence-electron chi connectivity index (χ3n) is 10.5. The molecule has 0 aliphatic rings. The van der Waals surface area contributed by atoms with Gasteiger partial charge in [-0.1, -0.05) is 176 Å². The average molecular weight is 706 g/mol. The summed E-state index contributed by atoms with van der Waals surface area (Å²) in [6.45, 7) is 0. The van der Waals surface area contributed by atoms with Gasteiger partial charge in [-0.25, -0.2) is 0 Å². The molecule has 0 N–H and O–H groups in total. The Morgan fingerprint density at radius 2 is 0.796 bits per heavy atom. The SMILES string of the molecule is c1ccc(-c2ccccc2N(c2ccc(-c3ccc(-c4cccc5ccccc45)cc3)cc2)c2ccccc2-c2cccc3sc4ccccc4c23)cc1. The Morgan fingerprint density at radius 3 is 1.59 bits per heavy atom. The fourth-order valence-electron chi connectivity index (χ4n) is 7.96. The van der Waals surface area contributed by atoms with E-state index in [1.165, 1.54) is 75.5 Å². The maximum atomic E-state index is 2.44. The highest BCUT2D eigenvalue weighted by atomic mass is 32.1. The Kier molecular flexibility index (Phi) is 8.09. The zero-order valence-electron chi connectivity index (χ0n) is 29.6. The minimum absolute atomic E-state index is 1.10. The molecular weight excluding hydrogens is 671 g/mol. The number of hydrogen-bond acceptors (Lipinski definition) is 2. The number of thiophene rings is 1. The van der Waals surface area contributed by atoms with E-state index in [-0.39, 0.29) is 0 Å². The Labute approximate surface area is 319 Å². The fourth-order valence-corrected chi connectivity index (χ4v) is 9.09. The molecule has 1 nitrogen and oxygen atoms in total. The summed E-state index contributed by atoms with van der Waals surface area (Å²) in [6.07, 6.45) is 0. The van der Waals surface area contributed by atoms with Gasteiger partial charge in [0.25, 0.3) is 0 Å². The number of para-hydroxylation sites is 2. The van der Waals surface area contributed by atoms with E-state index in [2.05, 4.69) is 217 Å². The number of rotatable bonds is 7. The molecule has 1 aromatic heterocycles. The first-order chi connectivity index (χ1) is 26.8. The van der Waals surface area contributed by atoms with Gasteiger partial charge in [0, 0.05) is 37.0 Å². The van der Waals surface area contributed by atoms with E-state index >= 15 is 0 Å². The molecule has 0 unspecified atom stereocenters. The molecule has 0 radical (unpaired) electrons. The topological polar surface area (TPSA) is 3.24 Å². The van der Waals surface area contributed by atoms with Gasteiger partial charge in [0.2, 0.25) is 0 Å². The second-order valence-corrected chi connectivity index (χ2v) is 14.7.